The normalized spacial score (nSPS) is 20.6. The van der Waals surface area contributed by atoms with Crippen LogP contribution in [-0.4, -0.2) is 31.7 Å². The second-order valence-electron chi connectivity index (χ2n) is 8.31. The van der Waals surface area contributed by atoms with Crippen LogP contribution in [0, 0.1) is 12.3 Å². The molecule has 1 fully saturated rings. The third kappa shape index (κ3) is 4.04. The first kappa shape index (κ1) is 22.7. The zero-order valence-corrected chi connectivity index (χ0v) is 19.3. The Bertz CT molecular complexity index is 1260. The van der Waals surface area contributed by atoms with Crippen molar-refractivity contribution in [3.63, 3.8) is 0 Å². The summed E-state index contributed by atoms with van der Waals surface area (Å²) in [4.78, 5) is 26.7. The zero-order chi connectivity index (χ0) is 23.6. The fourth-order valence-corrected chi connectivity index (χ4v) is 6.22. The van der Waals surface area contributed by atoms with Gasteiger partial charge in [-0.3, -0.25) is 9.59 Å². The highest BCUT2D eigenvalue weighted by molar-refractivity contribution is 7.89. The first-order chi connectivity index (χ1) is 15.8. The first-order valence-corrected chi connectivity index (χ1v) is 12.0. The number of aryl methyl sites for hydroxylation is 1. The molecule has 33 heavy (non-hydrogen) atoms. The van der Waals surface area contributed by atoms with Crippen molar-refractivity contribution in [1.29, 1.82) is 0 Å². The van der Waals surface area contributed by atoms with Gasteiger partial charge >= 0.3 is 5.97 Å². The fraction of sp³-hybridized carbons (Fsp3) is 0.231. The second-order valence-corrected chi connectivity index (χ2v) is 10.1. The van der Waals surface area contributed by atoms with E-state index < -0.39 is 33.4 Å². The predicted octanol–water partition coefficient (Wildman–Crippen LogP) is 4.06. The molecule has 1 aliphatic rings. The minimum Gasteiger partial charge on any atom is -0.469 e. The van der Waals surface area contributed by atoms with Crippen molar-refractivity contribution in [3.8, 4) is 0 Å². The van der Waals surface area contributed by atoms with Crippen LogP contribution < -0.4 is 0 Å². The van der Waals surface area contributed by atoms with Gasteiger partial charge in [0.05, 0.1) is 18.0 Å². The van der Waals surface area contributed by atoms with E-state index >= 15 is 0 Å². The molecule has 7 heteroatoms. The molecule has 170 valence electrons. The molecule has 3 aromatic carbocycles. The largest absolute Gasteiger partial charge is 0.469 e. The fourth-order valence-electron chi connectivity index (χ4n) is 4.58. The average Bonchev–Trinajstić information content (AvgIpc) is 3.13. The Morgan fingerprint density at radius 2 is 1.55 bits per heavy atom. The molecule has 0 spiro atoms. The van der Waals surface area contributed by atoms with Crippen LogP contribution in [0.15, 0.2) is 89.8 Å². The van der Waals surface area contributed by atoms with Gasteiger partial charge in [0.25, 0.3) is 10.0 Å². The number of hydrogen-bond donors (Lipinski definition) is 0. The van der Waals surface area contributed by atoms with Crippen LogP contribution in [-0.2, 0) is 30.8 Å². The van der Waals surface area contributed by atoms with Gasteiger partial charge in [-0.05, 0) is 36.6 Å². The van der Waals surface area contributed by atoms with E-state index in [-0.39, 0.29) is 17.7 Å². The van der Waals surface area contributed by atoms with E-state index in [0.717, 1.165) is 15.4 Å². The second kappa shape index (κ2) is 8.83. The Kier molecular flexibility index (Phi) is 6.08. The lowest BCUT2D eigenvalue weighted by Crippen LogP contribution is -2.43. The van der Waals surface area contributed by atoms with E-state index in [1.807, 2.05) is 37.3 Å². The number of ether oxygens (including phenoxy) is 1. The Morgan fingerprint density at radius 3 is 2.12 bits per heavy atom. The minimum absolute atomic E-state index is 0.00255. The molecule has 0 aromatic heterocycles. The number of amides is 1. The van der Waals surface area contributed by atoms with Crippen LogP contribution in [0.2, 0.25) is 0 Å². The Labute approximate surface area is 193 Å². The number of carbonyl (C=O) groups is 2. The molecule has 0 bridgehead atoms. The van der Waals surface area contributed by atoms with Crippen molar-refractivity contribution in [2.24, 2.45) is 5.41 Å². The highest BCUT2D eigenvalue weighted by Gasteiger charge is 2.61. The van der Waals surface area contributed by atoms with E-state index in [2.05, 4.69) is 0 Å². The maximum Gasteiger partial charge on any atom is 0.315 e. The molecule has 0 N–H and O–H groups in total. The number of sulfonamides is 1. The molecule has 0 aliphatic carbocycles. The molecule has 4 rings (SSSR count). The summed E-state index contributed by atoms with van der Waals surface area (Å²) in [6, 6.07) is 23.3. The number of carbonyl (C=O) groups excluding carboxylic acids is 2. The van der Waals surface area contributed by atoms with E-state index in [9.17, 15) is 18.0 Å². The number of benzene rings is 3. The van der Waals surface area contributed by atoms with Crippen molar-refractivity contribution in [3.05, 3.63) is 102 Å². The Hall–Kier alpha value is -3.45. The molecular formula is C26H25NO5S. The average molecular weight is 464 g/mol. The van der Waals surface area contributed by atoms with Crippen molar-refractivity contribution >= 4 is 21.9 Å². The van der Waals surface area contributed by atoms with Crippen molar-refractivity contribution in [2.75, 3.05) is 7.11 Å². The van der Waals surface area contributed by atoms with E-state index in [1.54, 1.807) is 42.5 Å². The SMILES string of the molecule is COC(=O)C1(Cc2ccccc2)CC(=O)N(S(=O)(=O)c2ccc(C)cc2)C1c1ccccc1. The van der Waals surface area contributed by atoms with Gasteiger partial charge in [0.15, 0.2) is 0 Å². The number of methoxy groups -OCH3 is 1. The smallest absolute Gasteiger partial charge is 0.315 e. The van der Waals surface area contributed by atoms with Gasteiger partial charge in [0.2, 0.25) is 5.91 Å². The number of hydrogen-bond acceptors (Lipinski definition) is 5. The van der Waals surface area contributed by atoms with E-state index in [0.29, 0.717) is 5.56 Å². The molecule has 2 atom stereocenters. The topological polar surface area (TPSA) is 80.8 Å². The number of rotatable bonds is 6. The molecule has 0 saturated carbocycles. The summed E-state index contributed by atoms with van der Waals surface area (Å²) >= 11 is 0. The van der Waals surface area contributed by atoms with Gasteiger partial charge in [-0.15, -0.1) is 0 Å². The monoisotopic (exact) mass is 463 g/mol. The molecular weight excluding hydrogens is 438 g/mol. The van der Waals surface area contributed by atoms with Crippen molar-refractivity contribution in [1.82, 2.24) is 4.31 Å². The molecule has 1 amide bonds. The standard InChI is InChI=1S/C26H25NO5S/c1-19-13-15-22(16-14-19)33(30,31)27-23(28)18-26(25(29)32-2,17-20-9-5-3-6-10-20)24(27)21-11-7-4-8-12-21/h3-16,24H,17-18H2,1-2H3. The Balaban J connectivity index is 1.93. The minimum atomic E-state index is -4.23. The summed E-state index contributed by atoms with van der Waals surface area (Å²) in [6.45, 7) is 1.85. The van der Waals surface area contributed by atoms with Crippen molar-refractivity contribution in [2.45, 2.75) is 30.7 Å². The Morgan fingerprint density at radius 1 is 0.970 bits per heavy atom. The maximum absolute atomic E-state index is 13.7. The van der Waals surface area contributed by atoms with Crippen LogP contribution in [0.4, 0.5) is 0 Å². The highest BCUT2D eigenvalue weighted by Crippen LogP contribution is 2.52. The summed E-state index contributed by atoms with van der Waals surface area (Å²) < 4.78 is 33.5. The lowest BCUT2D eigenvalue weighted by molar-refractivity contribution is -0.154. The van der Waals surface area contributed by atoms with Gasteiger partial charge in [-0.25, -0.2) is 12.7 Å². The molecule has 0 radical (unpaired) electrons. The molecule has 1 saturated heterocycles. The summed E-state index contributed by atoms with van der Waals surface area (Å²) in [6.07, 6.45) is -0.120. The molecule has 6 nitrogen and oxygen atoms in total. The van der Waals surface area contributed by atoms with Crippen LogP contribution in [0.3, 0.4) is 0 Å². The first-order valence-electron chi connectivity index (χ1n) is 10.6. The third-order valence-electron chi connectivity index (χ3n) is 6.12. The summed E-state index contributed by atoms with van der Waals surface area (Å²) in [7, 11) is -2.97. The van der Waals surface area contributed by atoms with Gasteiger partial charge < -0.3 is 4.74 Å². The summed E-state index contributed by atoms with van der Waals surface area (Å²) in [5.74, 6) is -1.25. The van der Waals surface area contributed by atoms with Gasteiger partial charge in [-0.2, -0.15) is 0 Å². The lowest BCUT2D eigenvalue weighted by Gasteiger charge is -2.35. The van der Waals surface area contributed by atoms with Crippen LogP contribution >= 0.6 is 0 Å². The van der Waals surface area contributed by atoms with E-state index in [1.165, 1.54) is 19.2 Å². The summed E-state index contributed by atoms with van der Waals surface area (Å²) in [5.41, 5.74) is 0.854. The number of esters is 1. The van der Waals surface area contributed by atoms with Gasteiger partial charge in [0, 0.05) is 6.42 Å². The van der Waals surface area contributed by atoms with Crippen molar-refractivity contribution < 1.29 is 22.7 Å². The maximum atomic E-state index is 13.7. The zero-order valence-electron chi connectivity index (χ0n) is 18.5. The van der Waals surface area contributed by atoms with Crippen LogP contribution in [0.5, 0.6) is 0 Å². The molecule has 1 heterocycles. The predicted molar refractivity (Wildman–Crippen MR) is 124 cm³/mol. The van der Waals surface area contributed by atoms with E-state index in [4.69, 9.17) is 4.74 Å². The number of nitrogens with zero attached hydrogens (tertiary/aromatic N) is 1. The molecule has 3 aromatic rings. The summed E-state index contributed by atoms with van der Waals surface area (Å²) in [5, 5.41) is 0. The van der Waals surface area contributed by atoms with Gasteiger partial charge in [0.1, 0.15) is 5.41 Å². The third-order valence-corrected chi connectivity index (χ3v) is 7.92. The van der Waals surface area contributed by atoms with Crippen LogP contribution in [0.25, 0.3) is 0 Å². The quantitative estimate of drug-likeness (QED) is 0.515. The van der Waals surface area contributed by atoms with Gasteiger partial charge in [-0.1, -0.05) is 78.4 Å². The lowest BCUT2D eigenvalue weighted by atomic mass is 9.73. The van der Waals surface area contributed by atoms with Crippen LogP contribution in [0.1, 0.15) is 29.2 Å². The molecule has 2 unspecified atom stereocenters. The molecule has 1 aliphatic heterocycles. The highest BCUT2D eigenvalue weighted by atomic mass is 32.2.